The van der Waals surface area contributed by atoms with Crippen LogP contribution in [0.4, 0.5) is 0 Å². The van der Waals surface area contributed by atoms with Crippen LogP contribution in [-0.4, -0.2) is 0 Å². The zero-order chi connectivity index (χ0) is 6.81. The maximum atomic E-state index is 3.14. The lowest BCUT2D eigenvalue weighted by Gasteiger charge is -1.85. The smallest absolute Gasteiger partial charge is 0.0622 e. The predicted octanol–water partition coefficient (Wildman–Crippen LogP) is 2.70. The predicted molar refractivity (Wildman–Crippen MR) is 43.0 cm³/mol. The van der Waals surface area contributed by atoms with Crippen molar-refractivity contribution < 1.29 is 1.43 Å². The molecule has 0 saturated heterocycles. The molecule has 10 heavy (non-hydrogen) atoms. The van der Waals surface area contributed by atoms with E-state index in [2.05, 4.69) is 24.3 Å². The lowest BCUT2D eigenvalue weighted by atomic mass is 10.2. The monoisotopic (exact) mass is 128 g/mol. The normalized spacial score (nSPS) is 10.0. The molecule has 0 aromatic carbocycles. The van der Waals surface area contributed by atoms with Gasteiger partial charge in [-0.1, -0.05) is 42.5 Å². The van der Waals surface area contributed by atoms with Crippen molar-refractivity contribution in [3.05, 3.63) is 48.5 Å². The third-order valence-electron chi connectivity index (χ3n) is 1.57. The molecule has 0 N–H and O–H groups in total. The van der Waals surface area contributed by atoms with Crippen LogP contribution >= 0.6 is 0 Å². The first-order valence-electron chi connectivity index (χ1n) is 3.32. The van der Waals surface area contributed by atoms with Gasteiger partial charge in [-0.05, 0) is 17.2 Å². The van der Waals surface area contributed by atoms with Crippen molar-refractivity contribution >= 4 is 0 Å². The highest BCUT2D eigenvalue weighted by Gasteiger charge is 1.95. The Morgan fingerprint density at radius 3 is 2.90 bits per heavy atom. The summed E-state index contributed by atoms with van der Waals surface area (Å²) in [6.07, 6.45) is 0. The maximum Gasteiger partial charge on any atom is 1.00 e. The van der Waals surface area contributed by atoms with Gasteiger partial charge in [-0.15, -0.1) is 0 Å². The van der Waals surface area contributed by atoms with Crippen molar-refractivity contribution in [2.45, 2.75) is 0 Å². The molecular formula is C10H8+. The van der Waals surface area contributed by atoms with Gasteiger partial charge in [0.1, 0.15) is 0 Å². The Balaban J connectivity index is 0.000000605. The summed E-state index contributed by atoms with van der Waals surface area (Å²) in [5.41, 5.74) is 2.44. The molecule has 0 aliphatic heterocycles. The molecular weight excluding hydrogens is 120 g/mol. The third kappa shape index (κ3) is 0.781. The van der Waals surface area contributed by atoms with Crippen LogP contribution in [-0.2, 0) is 0 Å². The van der Waals surface area contributed by atoms with Crippen molar-refractivity contribution in [1.82, 2.24) is 0 Å². The van der Waals surface area contributed by atoms with Gasteiger partial charge in [0, 0.05) is 0 Å². The summed E-state index contributed by atoms with van der Waals surface area (Å²) >= 11 is 0. The molecule has 0 atom stereocenters. The summed E-state index contributed by atoms with van der Waals surface area (Å²) < 4.78 is 0. The minimum atomic E-state index is 0. The molecule has 0 heterocycles. The molecule has 0 nitrogen and oxygen atoms in total. The van der Waals surface area contributed by atoms with Gasteiger partial charge in [0.15, 0.2) is 0 Å². The minimum absolute atomic E-state index is 0. The van der Waals surface area contributed by atoms with E-state index in [4.69, 9.17) is 0 Å². The van der Waals surface area contributed by atoms with Gasteiger partial charge in [-0.3, -0.25) is 0 Å². The van der Waals surface area contributed by atoms with Crippen LogP contribution in [0.1, 0.15) is 1.43 Å². The van der Waals surface area contributed by atoms with Crippen LogP contribution in [0.5, 0.6) is 0 Å². The summed E-state index contributed by atoms with van der Waals surface area (Å²) in [6, 6.07) is 17.4. The Hall–Kier alpha value is -1.30. The average Bonchev–Trinajstić information content (AvgIpc) is 2.28. The van der Waals surface area contributed by atoms with Crippen molar-refractivity contribution in [1.29, 1.82) is 0 Å². The first-order valence-corrected chi connectivity index (χ1v) is 3.32. The van der Waals surface area contributed by atoms with E-state index in [1.165, 1.54) is 11.1 Å². The molecule has 0 spiro atoms. The van der Waals surface area contributed by atoms with Crippen molar-refractivity contribution in [3.63, 3.8) is 0 Å². The zero-order valence-corrected chi connectivity index (χ0v) is 5.54. The number of hydrogen-bond donors (Lipinski definition) is 0. The Bertz CT molecular complexity index is 276. The lowest BCUT2D eigenvalue weighted by Crippen LogP contribution is -1.60. The topological polar surface area (TPSA) is 0 Å². The maximum absolute atomic E-state index is 3.14. The Kier molecular flexibility index (Phi) is 1.17. The SMILES string of the molecule is [H+].[c]1ccc2cccccc1-2. The quantitative estimate of drug-likeness (QED) is 0.511. The summed E-state index contributed by atoms with van der Waals surface area (Å²) in [4.78, 5) is 0. The van der Waals surface area contributed by atoms with Gasteiger partial charge < -0.3 is 0 Å². The number of rotatable bonds is 0. The third-order valence-corrected chi connectivity index (χ3v) is 1.57. The molecule has 0 heteroatoms. The Labute approximate surface area is 62.0 Å². The Morgan fingerprint density at radius 2 is 1.90 bits per heavy atom. The second kappa shape index (κ2) is 2.14. The van der Waals surface area contributed by atoms with Gasteiger partial charge in [0.05, 0.1) is 0 Å². The fraction of sp³-hybridized carbons (Fsp3) is 0. The van der Waals surface area contributed by atoms with Gasteiger partial charge in [0.25, 0.3) is 0 Å². The van der Waals surface area contributed by atoms with E-state index in [1.54, 1.807) is 0 Å². The van der Waals surface area contributed by atoms with Crippen LogP contribution in [0.25, 0.3) is 11.1 Å². The lowest BCUT2D eigenvalue weighted by molar-refractivity contribution is 1.83. The fourth-order valence-corrected chi connectivity index (χ4v) is 1.06. The molecule has 0 saturated carbocycles. The summed E-state index contributed by atoms with van der Waals surface area (Å²) in [7, 11) is 0. The molecule has 0 aromatic rings. The molecule has 2 aliphatic carbocycles. The van der Waals surface area contributed by atoms with E-state index in [-0.39, 0.29) is 1.43 Å². The van der Waals surface area contributed by atoms with Gasteiger partial charge in [0.2, 0.25) is 0 Å². The van der Waals surface area contributed by atoms with Gasteiger partial charge in [-0.25, -0.2) is 0 Å². The molecule has 47 valence electrons. The fourth-order valence-electron chi connectivity index (χ4n) is 1.06. The first kappa shape index (κ1) is 5.48. The van der Waals surface area contributed by atoms with E-state index in [0.29, 0.717) is 0 Å². The van der Waals surface area contributed by atoms with Crippen molar-refractivity contribution in [2.24, 2.45) is 0 Å². The van der Waals surface area contributed by atoms with Gasteiger partial charge in [-0.2, -0.15) is 0 Å². The summed E-state index contributed by atoms with van der Waals surface area (Å²) in [6.45, 7) is 0. The molecule has 0 fully saturated rings. The zero-order valence-electron chi connectivity index (χ0n) is 6.54. The van der Waals surface area contributed by atoms with Crippen LogP contribution < -0.4 is 0 Å². The van der Waals surface area contributed by atoms with E-state index < -0.39 is 0 Å². The molecule has 0 unspecified atom stereocenters. The van der Waals surface area contributed by atoms with Crippen LogP contribution in [0.2, 0.25) is 0 Å². The van der Waals surface area contributed by atoms with Gasteiger partial charge >= 0.3 is 1.43 Å². The largest absolute Gasteiger partial charge is 1.00 e. The summed E-state index contributed by atoms with van der Waals surface area (Å²) in [5.74, 6) is 0. The highest BCUT2D eigenvalue weighted by molar-refractivity contribution is 5.64. The van der Waals surface area contributed by atoms with Crippen molar-refractivity contribution in [2.75, 3.05) is 0 Å². The first-order chi connectivity index (χ1) is 4.97. The molecule has 0 amide bonds. The summed E-state index contributed by atoms with van der Waals surface area (Å²) in [5, 5.41) is 0. The number of fused-ring (bicyclic) bond motifs is 1. The van der Waals surface area contributed by atoms with E-state index >= 15 is 0 Å². The van der Waals surface area contributed by atoms with Crippen LogP contribution in [0.15, 0.2) is 42.5 Å². The highest BCUT2D eigenvalue weighted by atomic mass is 14.0. The molecule has 2 aliphatic rings. The molecule has 0 aromatic heterocycles. The average molecular weight is 128 g/mol. The van der Waals surface area contributed by atoms with E-state index in [9.17, 15) is 0 Å². The minimum Gasteiger partial charge on any atom is -0.0622 e. The molecule has 0 bridgehead atoms. The standard InChI is InChI=1S/C10H7/c1-2-5-9-7-4-8-10(9)6-3-1/h1-7H/p+1. The second-order valence-corrected chi connectivity index (χ2v) is 2.26. The van der Waals surface area contributed by atoms with Crippen molar-refractivity contribution in [3.8, 4) is 11.1 Å². The highest BCUT2D eigenvalue weighted by Crippen LogP contribution is 2.19. The Morgan fingerprint density at radius 1 is 1.00 bits per heavy atom. The molecule has 2 rings (SSSR count). The van der Waals surface area contributed by atoms with Crippen LogP contribution in [0.3, 0.4) is 0 Å². The van der Waals surface area contributed by atoms with E-state index in [0.717, 1.165) is 0 Å². The molecule has 1 radical (unpaired) electrons. The van der Waals surface area contributed by atoms with Crippen LogP contribution in [0, 0.1) is 6.07 Å². The number of hydrogen-bond acceptors (Lipinski definition) is 0. The van der Waals surface area contributed by atoms with E-state index in [1.807, 2.05) is 24.3 Å². The second-order valence-electron chi connectivity index (χ2n) is 2.26.